The van der Waals surface area contributed by atoms with E-state index in [1.54, 1.807) is 18.0 Å². The Bertz CT molecular complexity index is 754. The summed E-state index contributed by atoms with van der Waals surface area (Å²) < 4.78 is 52.7. The molecule has 1 aromatic carbocycles. The van der Waals surface area contributed by atoms with Crippen molar-refractivity contribution < 1.29 is 32.5 Å². The fourth-order valence-electron chi connectivity index (χ4n) is 2.98. The summed E-state index contributed by atoms with van der Waals surface area (Å²) in [5.41, 5.74) is 1.43. The zero-order chi connectivity index (χ0) is 20.1. The highest BCUT2D eigenvalue weighted by Crippen LogP contribution is 2.23. The minimum absolute atomic E-state index is 0.181. The van der Waals surface area contributed by atoms with Crippen molar-refractivity contribution in [3.8, 4) is 5.75 Å². The minimum atomic E-state index is -4.72. The number of rotatable bonds is 8. The lowest BCUT2D eigenvalue weighted by atomic mass is 10.1. The van der Waals surface area contributed by atoms with Crippen LogP contribution in [0.3, 0.4) is 0 Å². The van der Waals surface area contributed by atoms with Gasteiger partial charge in [0.2, 0.25) is 0 Å². The quantitative estimate of drug-likeness (QED) is 0.687. The molecular weight excluding hydrogens is 381 g/mol. The number of hydrogen-bond acceptors (Lipinski definition) is 7. The molecule has 1 aliphatic rings. The molecule has 0 unspecified atom stereocenters. The van der Waals surface area contributed by atoms with Gasteiger partial charge in [-0.2, -0.15) is 0 Å². The molecule has 3 rings (SSSR count). The topological polar surface area (TPSA) is 90.7 Å². The molecule has 0 radical (unpaired) electrons. The van der Waals surface area contributed by atoms with E-state index in [2.05, 4.69) is 20.4 Å². The molecule has 0 amide bonds. The molecule has 2 aromatic rings. The highest BCUT2D eigenvalue weighted by molar-refractivity contribution is 5.27. The second-order valence-electron chi connectivity index (χ2n) is 6.40. The van der Waals surface area contributed by atoms with Gasteiger partial charge in [-0.3, -0.25) is 0 Å². The number of methoxy groups -OCH3 is 1. The van der Waals surface area contributed by atoms with Gasteiger partial charge >= 0.3 is 6.36 Å². The number of nitrogens with one attached hydrogen (secondary N) is 1. The van der Waals surface area contributed by atoms with Gasteiger partial charge in [0.1, 0.15) is 11.4 Å². The van der Waals surface area contributed by atoms with E-state index in [1.807, 2.05) is 0 Å². The molecule has 2 heterocycles. The first-order valence-electron chi connectivity index (χ1n) is 8.60. The molecule has 1 aromatic heterocycles. The summed E-state index contributed by atoms with van der Waals surface area (Å²) in [7, 11) is 1.57. The maximum Gasteiger partial charge on any atom is 0.573 e. The molecule has 0 aliphatic carbocycles. The highest BCUT2D eigenvalue weighted by atomic mass is 19.4. The Morgan fingerprint density at radius 3 is 2.75 bits per heavy atom. The normalized spacial score (nSPS) is 22.5. The van der Waals surface area contributed by atoms with Crippen molar-refractivity contribution >= 4 is 0 Å². The van der Waals surface area contributed by atoms with Gasteiger partial charge in [0.25, 0.3) is 0 Å². The molecule has 1 saturated heterocycles. The molecular formula is C17H21F3N4O4. The van der Waals surface area contributed by atoms with Crippen molar-refractivity contribution in [3.05, 3.63) is 41.7 Å². The van der Waals surface area contributed by atoms with E-state index in [1.165, 1.54) is 24.3 Å². The van der Waals surface area contributed by atoms with Crippen LogP contribution in [0, 0.1) is 0 Å². The molecule has 1 aliphatic heterocycles. The van der Waals surface area contributed by atoms with Crippen LogP contribution in [-0.4, -0.2) is 58.4 Å². The van der Waals surface area contributed by atoms with Gasteiger partial charge in [-0.05, 0) is 17.7 Å². The Hall–Kier alpha value is -2.21. The van der Waals surface area contributed by atoms with Gasteiger partial charge in [0, 0.05) is 13.7 Å². The first-order valence-corrected chi connectivity index (χ1v) is 8.60. The monoisotopic (exact) mass is 402 g/mol. The Morgan fingerprint density at radius 2 is 2.07 bits per heavy atom. The minimum Gasteiger partial charge on any atom is -0.406 e. The SMILES string of the molecule is COCc1cn(C[C@H]2OC[C@H](O)[C@H]2NCc2ccc(OC(F)(F)F)cc2)nn1. The molecule has 8 nitrogen and oxygen atoms in total. The van der Waals surface area contributed by atoms with Crippen molar-refractivity contribution in [3.63, 3.8) is 0 Å². The van der Waals surface area contributed by atoms with Crippen LogP contribution in [0.5, 0.6) is 5.75 Å². The predicted molar refractivity (Wildman–Crippen MR) is 90.2 cm³/mol. The smallest absolute Gasteiger partial charge is 0.406 e. The van der Waals surface area contributed by atoms with E-state index in [4.69, 9.17) is 9.47 Å². The van der Waals surface area contributed by atoms with Gasteiger partial charge in [-0.15, -0.1) is 18.3 Å². The maximum atomic E-state index is 12.2. The Morgan fingerprint density at radius 1 is 1.32 bits per heavy atom. The second-order valence-corrected chi connectivity index (χ2v) is 6.40. The fourth-order valence-corrected chi connectivity index (χ4v) is 2.98. The average Bonchev–Trinajstić information content (AvgIpc) is 3.21. The highest BCUT2D eigenvalue weighted by Gasteiger charge is 2.36. The zero-order valence-corrected chi connectivity index (χ0v) is 15.1. The molecule has 11 heteroatoms. The van der Waals surface area contributed by atoms with Crippen molar-refractivity contribution in [2.24, 2.45) is 0 Å². The summed E-state index contributed by atoms with van der Waals surface area (Å²) in [5, 5.41) is 21.4. The fraction of sp³-hybridized carbons (Fsp3) is 0.529. The largest absolute Gasteiger partial charge is 0.573 e. The molecule has 2 N–H and O–H groups in total. The lowest BCUT2D eigenvalue weighted by molar-refractivity contribution is -0.274. The number of hydrogen-bond donors (Lipinski definition) is 2. The number of halogens is 3. The number of nitrogens with zero attached hydrogens (tertiary/aromatic N) is 3. The number of aliphatic hydroxyl groups is 1. The molecule has 0 bridgehead atoms. The van der Waals surface area contributed by atoms with E-state index < -0.39 is 12.5 Å². The van der Waals surface area contributed by atoms with Crippen molar-refractivity contribution in [1.82, 2.24) is 20.3 Å². The second kappa shape index (κ2) is 8.86. The first-order chi connectivity index (χ1) is 13.3. The van der Waals surface area contributed by atoms with Gasteiger partial charge in [0.15, 0.2) is 0 Å². The van der Waals surface area contributed by atoms with Crippen molar-refractivity contribution in [1.29, 1.82) is 0 Å². The van der Waals surface area contributed by atoms with Gasteiger partial charge in [0.05, 0.1) is 44.2 Å². The third-order valence-electron chi connectivity index (χ3n) is 4.24. The molecule has 0 spiro atoms. The Labute approximate surface area is 159 Å². The zero-order valence-electron chi connectivity index (χ0n) is 15.1. The van der Waals surface area contributed by atoms with Crippen LogP contribution >= 0.6 is 0 Å². The standard InChI is InChI=1S/C17H21F3N4O4/c1-26-9-12-7-24(23-22-12)8-15-16(14(25)10-27-15)21-6-11-2-4-13(5-3-11)28-17(18,19)20/h2-5,7,14-16,21,25H,6,8-10H2,1H3/t14-,15+,16+/m0/s1. The maximum absolute atomic E-state index is 12.2. The molecule has 0 saturated carbocycles. The lowest BCUT2D eigenvalue weighted by Crippen LogP contribution is -2.45. The molecule has 1 fully saturated rings. The Balaban J connectivity index is 1.55. The third kappa shape index (κ3) is 5.64. The van der Waals surface area contributed by atoms with E-state index in [-0.39, 0.29) is 24.5 Å². The third-order valence-corrected chi connectivity index (χ3v) is 4.24. The summed E-state index contributed by atoms with van der Waals surface area (Å²) in [6.45, 7) is 1.27. The van der Waals surface area contributed by atoms with E-state index in [0.717, 1.165) is 5.56 Å². The van der Waals surface area contributed by atoms with Crippen LogP contribution < -0.4 is 10.1 Å². The van der Waals surface area contributed by atoms with Gasteiger partial charge < -0.3 is 24.6 Å². The van der Waals surface area contributed by atoms with E-state index in [0.29, 0.717) is 25.4 Å². The number of alkyl halides is 3. The number of aromatic nitrogens is 3. The lowest BCUT2D eigenvalue weighted by Gasteiger charge is -2.21. The van der Waals surface area contributed by atoms with Crippen LogP contribution in [0.4, 0.5) is 13.2 Å². The van der Waals surface area contributed by atoms with Crippen molar-refractivity contribution in [2.45, 2.75) is 44.3 Å². The summed E-state index contributed by atoms with van der Waals surface area (Å²) in [4.78, 5) is 0. The van der Waals surface area contributed by atoms with Crippen LogP contribution in [-0.2, 0) is 29.2 Å². The summed E-state index contributed by atoms with van der Waals surface area (Å²) in [5.74, 6) is -0.281. The molecule has 3 atom stereocenters. The summed E-state index contributed by atoms with van der Waals surface area (Å²) in [6, 6.07) is 5.19. The summed E-state index contributed by atoms with van der Waals surface area (Å²) in [6.07, 6.45) is -4.02. The van der Waals surface area contributed by atoms with E-state index in [9.17, 15) is 18.3 Å². The van der Waals surface area contributed by atoms with E-state index >= 15 is 0 Å². The van der Waals surface area contributed by atoms with Gasteiger partial charge in [-0.25, -0.2) is 4.68 Å². The molecule has 28 heavy (non-hydrogen) atoms. The van der Waals surface area contributed by atoms with Crippen LogP contribution in [0.25, 0.3) is 0 Å². The average molecular weight is 402 g/mol. The summed E-state index contributed by atoms with van der Waals surface area (Å²) >= 11 is 0. The van der Waals surface area contributed by atoms with Crippen LogP contribution in [0.15, 0.2) is 30.5 Å². The number of ether oxygens (including phenoxy) is 3. The van der Waals surface area contributed by atoms with Crippen LogP contribution in [0.1, 0.15) is 11.3 Å². The number of aliphatic hydroxyl groups excluding tert-OH is 1. The van der Waals surface area contributed by atoms with Crippen molar-refractivity contribution in [2.75, 3.05) is 13.7 Å². The van der Waals surface area contributed by atoms with Crippen LogP contribution in [0.2, 0.25) is 0 Å². The predicted octanol–water partition coefficient (Wildman–Crippen LogP) is 1.24. The van der Waals surface area contributed by atoms with Gasteiger partial charge in [-0.1, -0.05) is 17.3 Å². The first kappa shape index (κ1) is 20.5. The Kier molecular flexibility index (Phi) is 6.50. The number of benzene rings is 1. The molecule has 154 valence electrons.